The Morgan fingerprint density at radius 2 is 2.00 bits per heavy atom. The number of aryl methyl sites for hydroxylation is 1. The van der Waals surface area contributed by atoms with Crippen LogP contribution in [0, 0.1) is 6.92 Å². The highest BCUT2D eigenvalue weighted by molar-refractivity contribution is 6.30. The van der Waals surface area contributed by atoms with Gasteiger partial charge in [-0.05, 0) is 50.5 Å². The lowest BCUT2D eigenvalue weighted by Gasteiger charge is -2.26. The largest absolute Gasteiger partial charge is 0.396 e. The molecule has 2 aromatic rings. The van der Waals surface area contributed by atoms with Gasteiger partial charge in [-0.15, -0.1) is 0 Å². The molecule has 1 unspecified atom stereocenters. The van der Waals surface area contributed by atoms with Gasteiger partial charge in [-0.1, -0.05) is 17.7 Å². The van der Waals surface area contributed by atoms with Crippen molar-refractivity contribution in [2.24, 2.45) is 0 Å². The predicted molar refractivity (Wildman–Crippen MR) is 114 cm³/mol. The van der Waals surface area contributed by atoms with Crippen molar-refractivity contribution in [3.8, 4) is 0 Å². The number of ether oxygens (including phenoxy) is 1. The molecule has 1 atom stereocenters. The molecular formula is C20H27ClN4O4. The molecule has 1 aliphatic heterocycles. The summed E-state index contributed by atoms with van der Waals surface area (Å²) >= 11 is 6.08. The lowest BCUT2D eigenvalue weighted by molar-refractivity contribution is 0.0827. The number of halogens is 1. The Kier molecular flexibility index (Phi) is 6.66. The van der Waals surface area contributed by atoms with E-state index in [1.807, 2.05) is 43.9 Å². The summed E-state index contributed by atoms with van der Waals surface area (Å²) in [7, 11) is 0. The Morgan fingerprint density at radius 3 is 2.62 bits per heavy atom. The summed E-state index contributed by atoms with van der Waals surface area (Å²) in [6, 6.07) is 5.62. The normalized spacial score (nSPS) is 15.5. The molecule has 0 bridgehead atoms. The first-order chi connectivity index (χ1) is 13.9. The van der Waals surface area contributed by atoms with E-state index in [-0.39, 0.29) is 18.7 Å². The highest BCUT2D eigenvalue weighted by atomic mass is 35.5. The fourth-order valence-corrected chi connectivity index (χ4v) is 3.82. The molecule has 0 fully saturated rings. The van der Waals surface area contributed by atoms with Crippen LogP contribution in [-0.4, -0.2) is 33.8 Å². The summed E-state index contributed by atoms with van der Waals surface area (Å²) in [6.45, 7) is 7.03. The zero-order chi connectivity index (χ0) is 21.1. The Labute approximate surface area is 174 Å². The van der Waals surface area contributed by atoms with E-state index in [1.54, 1.807) is 0 Å². The van der Waals surface area contributed by atoms with Crippen molar-refractivity contribution < 1.29 is 9.84 Å². The zero-order valence-electron chi connectivity index (χ0n) is 16.9. The van der Waals surface area contributed by atoms with Crippen molar-refractivity contribution in [1.29, 1.82) is 0 Å². The van der Waals surface area contributed by atoms with Crippen LogP contribution in [-0.2, 0) is 24.4 Å². The molecule has 0 spiro atoms. The third-order valence-electron chi connectivity index (χ3n) is 5.06. The first-order valence-corrected chi connectivity index (χ1v) is 10.2. The predicted octanol–water partition coefficient (Wildman–Crippen LogP) is 2.13. The monoisotopic (exact) mass is 422 g/mol. The summed E-state index contributed by atoms with van der Waals surface area (Å²) in [6.07, 6.45) is -0.236. The fraction of sp³-hybridized carbons (Fsp3) is 0.500. The minimum atomic E-state index is -0.566. The minimum absolute atomic E-state index is 0.0946. The summed E-state index contributed by atoms with van der Waals surface area (Å²) < 4.78 is 8.56. The number of anilines is 2. The third-order valence-corrected chi connectivity index (χ3v) is 5.30. The van der Waals surface area contributed by atoms with Gasteiger partial charge in [0.1, 0.15) is 11.5 Å². The number of aliphatic hydroxyl groups is 1. The van der Waals surface area contributed by atoms with Gasteiger partial charge in [-0.25, -0.2) is 4.79 Å². The van der Waals surface area contributed by atoms with Crippen LogP contribution in [0.2, 0.25) is 5.02 Å². The molecule has 2 N–H and O–H groups in total. The number of aliphatic hydroxyl groups excluding tert-OH is 1. The minimum Gasteiger partial charge on any atom is -0.396 e. The molecule has 1 aliphatic rings. The molecule has 2 heterocycles. The van der Waals surface area contributed by atoms with Gasteiger partial charge < -0.3 is 20.1 Å². The van der Waals surface area contributed by atoms with Crippen LogP contribution in [0.3, 0.4) is 0 Å². The molecule has 9 heteroatoms. The smallest absolute Gasteiger partial charge is 0.332 e. The topological polar surface area (TPSA) is 88.7 Å². The van der Waals surface area contributed by atoms with Crippen molar-refractivity contribution in [3.05, 3.63) is 55.2 Å². The second-order valence-electron chi connectivity index (χ2n) is 6.91. The average molecular weight is 423 g/mol. The van der Waals surface area contributed by atoms with Crippen LogP contribution >= 0.6 is 11.6 Å². The number of benzene rings is 1. The molecule has 29 heavy (non-hydrogen) atoms. The van der Waals surface area contributed by atoms with Crippen LogP contribution in [0.1, 0.15) is 31.4 Å². The summed E-state index contributed by atoms with van der Waals surface area (Å²) in [5, 5.41) is 13.0. The SMILES string of the molecule is CCOC1Nc2c(c(=O)n(CCCO)c(=O)n2CC)N1Cc1ccc(Cl)cc1C. The van der Waals surface area contributed by atoms with Gasteiger partial charge in [0.25, 0.3) is 5.56 Å². The van der Waals surface area contributed by atoms with E-state index in [2.05, 4.69) is 5.32 Å². The standard InChI is InChI=1S/C20H27ClN4O4/c1-4-23-17-16(18(27)24(20(23)28)9-6-10-26)25(19(22-17)29-5-2)12-14-7-8-15(21)11-13(14)3/h7-8,11,19,22,26H,4-6,9-10,12H2,1-3H3. The lowest BCUT2D eigenvalue weighted by atomic mass is 10.1. The van der Waals surface area contributed by atoms with E-state index < -0.39 is 12.0 Å². The molecule has 158 valence electrons. The molecule has 1 aromatic carbocycles. The molecule has 0 saturated heterocycles. The molecule has 0 radical (unpaired) electrons. The maximum atomic E-state index is 13.3. The number of aromatic nitrogens is 2. The number of hydrogen-bond donors (Lipinski definition) is 2. The number of hydrogen-bond acceptors (Lipinski definition) is 6. The third kappa shape index (κ3) is 4.05. The van der Waals surface area contributed by atoms with E-state index in [0.717, 1.165) is 11.1 Å². The molecule has 0 aliphatic carbocycles. The van der Waals surface area contributed by atoms with Crippen molar-refractivity contribution in [1.82, 2.24) is 9.13 Å². The van der Waals surface area contributed by atoms with Gasteiger partial charge in [-0.3, -0.25) is 13.9 Å². The van der Waals surface area contributed by atoms with Gasteiger partial charge in [0, 0.05) is 37.9 Å². The molecule has 3 rings (SSSR count). The van der Waals surface area contributed by atoms with Gasteiger partial charge in [0.2, 0.25) is 6.35 Å². The highest BCUT2D eigenvalue weighted by Gasteiger charge is 2.36. The van der Waals surface area contributed by atoms with Gasteiger partial charge in [0.05, 0.1) is 0 Å². The van der Waals surface area contributed by atoms with Crippen LogP contribution < -0.4 is 21.5 Å². The molecule has 1 aromatic heterocycles. The number of nitrogens with one attached hydrogen (secondary N) is 1. The Morgan fingerprint density at radius 1 is 1.24 bits per heavy atom. The second-order valence-corrected chi connectivity index (χ2v) is 7.35. The Balaban J connectivity index is 2.14. The number of rotatable bonds is 8. The maximum Gasteiger partial charge on any atom is 0.332 e. The molecule has 0 amide bonds. The van der Waals surface area contributed by atoms with Crippen LogP contribution in [0.15, 0.2) is 27.8 Å². The van der Waals surface area contributed by atoms with Crippen LogP contribution in [0.4, 0.5) is 11.5 Å². The van der Waals surface area contributed by atoms with Crippen molar-refractivity contribution in [2.45, 2.75) is 53.2 Å². The van der Waals surface area contributed by atoms with E-state index >= 15 is 0 Å². The Bertz CT molecular complexity index is 1000. The average Bonchev–Trinajstić information content (AvgIpc) is 3.02. The summed E-state index contributed by atoms with van der Waals surface area (Å²) in [5.41, 5.74) is 1.63. The van der Waals surface area contributed by atoms with Crippen molar-refractivity contribution in [3.63, 3.8) is 0 Å². The van der Waals surface area contributed by atoms with Gasteiger partial charge in [-0.2, -0.15) is 0 Å². The summed E-state index contributed by atoms with van der Waals surface area (Å²) in [4.78, 5) is 27.9. The molecular weight excluding hydrogens is 396 g/mol. The lowest BCUT2D eigenvalue weighted by Crippen LogP contribution is -2.43. The van der Waals surface area contributed by atoms with Crippen LogP contribution in [0.5, 0.6) is 0 Å². The van der Waals surface area contributed by atoms with Crippen molar-refractivity contribution >= 4 is 23.1 Å². The van der Waals surface area contributed by atoms with E-state index in [1.165, 1.54) is 9.13 Å². The number of fused-ring (bicyclic) bond motifs is 1. The van der Waals surface area contributed by atoms with Crippen LogP contribution in [0.25, 0.3) is 0 Å². The summed E-state index contributed by atoms with van der Waals surface area (Å²) in [5.74, 6) is 0.466. The second kappa shape index (κ2) is 9.02. The molecule has 0 saturated carbocycles. The molecule has 8 nitrogen and oxygen atoms in total. The Hall–Kier alpha value is -2.29. The quantitative estimate of drug-likeness (QED) is 0.677. The van der Waals surface area contributed by atoms with Gasteiger partial charge in [0.15, 0.2) is 0 Å². The fourth-order valence-electron chi connectivity index (χ4n) is 3.59. The first kappa shape index (κ1) is 21.4. The zero-order valence-corrected chi connectivity index (χ0v) is 17.7. The van der Waals surface area contributed by atoms with E-state index in [4.69, 9.17) is 21.4 Å². The first-order valence-electron chi connectivity index (χ1n) is 9.81. The van der Waals surface area contributed by atoms with E-state index in [0.29, 0.717) is 42.6 Å². The number of nitrogens with zero attached hydrogens (tertiary/aromatic N) is 3. The maximum absolute atomic E-state index is 13.3. The van der Waals surface area contributed by atoms with Gasteiger partial charge >= 0.3 is 5.69 Å². The van der Waals surface area contributed by atoms with Crippen molar-refractivity contribution in [2.75, 3.05) is 23.4 Å². The van der Waals surface area contributed by atoms with E-state index in [9.17, 15) is 9.59 Å². The highest BCUT2D eigenvalue weighted by Crippen LogP contribution is 2.33.